The molecule has 1 aliphatic heterocycles. The van der Waals surface area contributed by atoms with Gasteiger partial charge in [0, 0.05) is 18.2 Å². The second-order valence-electron chi connectivity index (χ2n) is 6.81. The van der Waals surface area contributed by atoms with Gasteiger partial charge in [-0.3, -0.25) is 0 Å². The number of ether oxygens (including phenoxy) is 1. The van der Waals surface area contributed by atoms with E-state index in [1.54, 1.807) is 18.2 Å². The van der Waals surface area contributed by atoms with Crippen molar-refractivity contribution in [3.63, 3.8) is 0 Å². The van der Waals surface area contributed by atoms with Gasteiger partial charge >= 0.3 is 6.18 Å². The normalized spacial score (nSPS) is 18.7. The van der Waals surface area contributed by atoms with Gasteiger partial charge in [-0.1, -0.05) is 12.1 Å². The number of nitrogens with zero attached hydrogens (tertiary/aromatic N) is 4. The van der Waals surface area contributed by atoms with Crippen LogP contribution in [0.15, 0.2) is 42.6 Å². The van der Waals surface area contributed by atoms with Gasteiger partial charge in [-0.2, -0.15) is 13.2 Å². The van der Waals surface area contributed by atoms with E-state index in [4.69, 9.17) is 4.74 Å². The molecular formula is C19H19F3N4O. The molecule has 0 N–H and O–H groups in total. The maximum absolute atomic E-state index is 13.0. The van der Waals surface area contributed by atoms with E-state index in [9.17, 15) is 13.2 Å². The summed E-state index contributed by atoms with van der Waals surface area (Å²) in [6.45, 7) is 1.87. The summed E-state index contributed by atoms with van der Waals surface area (Å²) in [4.78, 5) is 6.45. The van der Waals surface area contributed by atoms with Gasteiger partial charge in [0.2, 0.25) is 5.88 Å². The monoisotopic (exact) mass is 376 g/mol. The Bertz CT molecular complexity index is 954. The zero-order valence-electron chi connectivity index (χ0n) is 14.8. The molecule has 2 aromatic heterocycles. The van der Waals surface area contributed by atoms with Crippen LogP contribution in [0.2, 0.25) is 0 Å². The third-order valence-electron chi connectivity index (χ3n) is 4.69. The number of hydrogen-bond acceptors (Lipinski definition) is 4. The lowest BCUT2D eigenvalue weighted by Crippen LogP contribution is -2.38. The highest BCUT2D eigenvalue weighted by Gasteiger charge is 2.30. The number of rotatable bonds is 3. The van der Waals surface area contributed by atoms with Crippen molar-refractivity contribution in [1.29, 1.82) is 0 Å². The molecule has 3 aromatic rings. The molecule has 1 aliphatic rings. The van der Waals surface area contributed by atoms with Gasteiger partial charge in [0.25, 0.3) is 0 Å². The molecule has 0 radical (unpaired) electrons. The summed E-state index contributed by atoms with van der Waals surface area (Å²) in [7, 11) is 2.05. The van der Waals surface area contributed by atoms with Crippen molar-refractivity contribution >= 4 is 5.65 Å². The van der Waals surface area contributed by atoms with Gasteiger partial charge < -0.3 is 9.64 Å². The minimum atomic E-state index is -4.40. The number of benzene rings is 1. The van der Waals surface area contributed by atoms with Crippen LogP contribution in [0.25, 0.3) is 16.9 Å². The first-order valence-electron chi connectivity index (χ1n) is 8.78. The Morgan fingerprint density at radius 2 is 2.04 bits per heavy atom. The van der Waals surface area contributed by atoms with Crippen molar-refractivity contribution in [3.8, 4) is 17.1 Å². The van der Waals surface area contributed by atoms with Crippen LogP contribution in [0, 0.1) is 0 Å². The Morgan fingerprint density at radius 1 is 1.19 bits per heavy atom. The fourth-order valence-corrected chi connectivity index (χ4v) is 3.36. The van der Waals surface area contributed by atoms with Crippen LogP contribution in [0.3, 0.4) is 0 Å². The summed E-state index contributed by atoms with van der Waals surface area (Å²) in [6, 6.07) is 8.65. The van der Waals surface area contributed by atoms with Gasteiger partial charge in [-0.25, -0.2) is 9.50 Å². The first-order valence-corrected chi connectivity index (χ1v) is 8.78. The summed E-state index contributed by atoms with van der Waals surface area (Å²) < 4.78 is 46.6. The lowest BCUT2D eigenvalue weighted by atomic mass is 10.1. The average Bonchev–Trinajstić information content (AvgIpc) is 3.04. The van der Waals surface area contributed by atoms with E-state index in [-0.39, 0.29) is 6.10 Å². The standard InChI is InChI=1S/C19H19F3N4O/c1-25-9-3-6-15(12-25)27-18-8-7-17-23-11-16(26(17)24-18)13-4-2-5-14(10-13)19(20,21)22/h2,4-5,7-8,10-11,15H,3,6,9,12H2,1H3. The highest BCUT2D eigenvalue weighted by molar-refractivity contribution is 5.64. The van der Waals surface area contributed by atoms with Crippen molar-refractivity contribution in [2.45, 2.75) is 25.1 Å². The molecule has 0 aliphatic carbocycles. The number of halogens is 3. The number of imidazole rings is 1. The number of hydrogen-bond donors (Lipinski definition) is 0. The number of piperidine rings is 1. The van der Waals surface area contributed by atoms with Crippen LogP contribution in [0.4, 0.5) is 13.2 Å². The molecule has 1 aromatic carbocycles. The number of likely N-dealkylation sites (tertiary alicyclic amines) is 1. The lowest BCUT2D eigenvalue weighted by Gasteiger charge is -2.29. The van der Waals surface area contributed by atoms with E-state index in [2.05, 4.69) is 15.0 Å². The molecule has 0 spiro atoms. The molecule has 1 atom stereocenters. The van der Waals surface area contributed by atoms with E-state index in [1.165, 1.54) is 16.8 Å². The van der Waals surface area contributed by atoms with E-state index in [1.807, 2.05) is 7.05 Å². The SMILES string of the molecule is CN1CCCC(Oc2ccc3ncc(-c4cccc(C(F)(F)F)c4)n3n2)C1. The van der Waals surface area contributed by atoms with Crippen LogP contribution in [0.1, 0.15) is 18.4 Å². The van der Waals surface area contributed by atoms with Gasteiger partial charge in [-0.05, 0) is 44.6 Å². The van der Waals surface area contributed by atoms with Crippen molar-refractivity contribution in [2.24, 2.45) is 0 Å². The zero-order chi connectivity index (χ0) is 19.0. The predicted octanol–water partition coefficient (Wildman–Crippen LogP) is 3.89. The summed E-state index contributed by atoms with van der Waals surface area (Å²) in [5.74, 6) is 0.439. The third kappa shape index (κ3) is 3.75. The molecule has 5 nitrogen and oxygen atoms in total. The zero-order valence-corrected chi connectivity index (χ0v) is 14.8. The molecular weight excluding hydrogens is 357 g/mol. The molecule has 0 saturated carbocycles. The number of aromatic nitrogens is 3. The van der Waals surface area contributed by atoms with Gasteiger partial charge in [0.15, 0.2) is 5.65 Å². The molecule has 27 heavy (non-hydrogen) atoms. The Balaban J connectivity index is 1.66. The Hall–Kier alpha value is -2.61. The predicted molar refractivity (Wildman–Crippen MR) is 94.6 cm³/mol. The van der Waals surface area contributed by atoms with Crippen molar-refractivity contribution in [1.82, 2.24) is 19.5 Å². The Morgan fingerprint density at radius 3 is 2.81 bits per heavy atom. The third-order valence-corrected chi connectivity index (χ3v) is 4.69. The maximum atomic E-state index is 13.0. The van der Waals surface area contributed by atoms with E-state index >= 15 is 0 Å². The molecule has 3 heterocycles. The fraction of sp³-hybridized carbons (Fsp3) is 0.368. The molecule has 1 saturated heterocycles. The summed E-state index contributed by atoms with van der Waals surface area (Å²) in [5, 5.41) is 4.45. The van der Waals surface area contributed by atoms with E-state index < -0.39 is 11.7 Å². The van der Waals surface area contributed by atoms with Crippen molar-refractivity contribution < 1.29 is 17.9 Å². The molecule has 0 amide bonds. The first-order chi connectivity index (χ1) is 12.9. The number of likely N-dealkylation sites (N-methyl/N-ethyl adjacent to an activating group) is 1. The van der Waals surface area contributed by atoms with Gasteiger partial charge in [0.05, 0.1) is 17.5 Å². The van der Waals surface area contributed by atoms with E-state index in [0.717, 1.165) is 38.1 Å². The number of alkyl halides is 3. The van der Waals surface area contributed by atoms with Crippen molar-refractivity contribution in [2.75, 3.05) is 20.1 Å². The first kappa shape index (κ1) is 17.8. The average molecular weight is 376 g/mol. The van der Waals surface area contributed by atoms with Crippen LogP contribution in [0.5, 0.6) is 5.88 Å². The van der Waals surface area contributed by atoms with Gasteiger partial charge in [-0.15, -0.1) is 5.10 Å². The topological polar surface area (TPSA) is 42.7 Å². The second-order valence-corrected chi connectivity index (χ2v) is 6.81. The van der Waals surface area contributed by atoms with Crippen LogP contribution in [-0.2, 0) is 6.18 Å². The minimum Gasteiger partial charge on any atom is -0.472 e. The summed E-state index contributed by atoms with van der Waals surface area (Å²) in [5.41, 5.74) is 0.741. The number of fused-ring (bicyclic) bond motifs is 1. The molecule has 1 fully saturated rings. The van der Waals surface area contributed by atoms with Crippen molar-refractivity contribution in [3.05, 3.63) is 48.2 Å². The molecule has 1 unspecified atom stereocenters. The second kappa shape index (κ2) is 6.84. The molecule has 8 heteroatoms. The quantitative estimate of drug-likeness (QED) is 0.696. The largest absolute Gasteiger partial charge is 0.472 e. The van der Waals surface area contributed by atoms with Crippen LogP contribution >= 0.6 is 0 Å². The van der Waals surface area contributed by atoms with Crippen LogP contribution in [-0.4, -0.2) is 45.7 Å². The fourth-order valence-electron chi connectivity index (χ4n) is 3.36. The molecule has 4 rings (SSSR count). The van der Waals surface area contributed by atoms with Gasteiger partial charge in [0.1, 0.15) is 6.10 Å². The maximum Gasteiger partial charge on any atom is 0.416 e. The molecule has 0 bridgehead atoms. The molecule has 142 valence electrons. The lowest BCUT2D eigenvalue weighted by molar-refractivity contribution is -0.137. The summed E-state index contributed by atoms with van der Waals surface area (Å²) >= 11 is 0. The highest BCUT2D eigenvalue weighted by Crippen LogP contribution is 2.32. The van der Waals surface area contributed by atoms with Crippen LogP contribution < -0.4 is 4.74 Å². The smallest absolute Gasteiger partial charge is 0.416 e. The Labute approximate surface area is 154 Å². The Kier molecular flexibility index (Phi) is 4.51. The summed E-state index contributed by atoms with van der Waals surface area (Å²) in [6.07, 6.45) is -0.811. The van der Waals surface area contributed by atoms with E-state index in [0.29, 0.717) is 22.8 Å². The highest BCUT2D eigenvalue weighted by atomic mass is 19.4. The minimum absolute atomic E-state index is 0.0502.